The summed E-state index contributed by atoms with van der Waals surface area (Å²) in [5, 5.41) is 17.6. The molecule has 0 saturated heterocycles. The van der Waals surface area contributed by atoms with Crippen LogP contribution < -0.4 is 0 Å². The molecule has 7 heteroatoms. The minimum Gasteiger partial charge on any atom is -0.481 e. The highest BCUT2D eigenvalue weighted by atomic mass is 31.2. The average molecular weight is 326 g/mol. The van der Waals surface area contributed by atoms with Gasteiger partial charge in [0.15, 0.2) is 0 Å². The summed E-state index contributed by atoms with van der Waals surface area (Å²) in [7, 11) is -3.66. The first-order chi connectivity index (χ1) is 10.3. The number of rotatable bonds is 9. The van der Waals surface area contributed by atoms with Crippen LogP contribution in [0.1, 0.15) is 18.4 Å². The van der Waals surface area contributed by atoms with Crippen LogP contribution in [0.25, 0.3) is 6.08 Å². The quantitative estimate of drug-likeness (QED) is 0.601. The van der Waals surface area contributed by atoms with Gasteiger partial charge in [-0.3, -0.25) is 14.2 Å². The van der Waals surface area contributed by atoms with Crippen molar-refractivity contribution in [3.05, 3.63) is 42.0 Å². The summed E-state index contributed by atoms with van der Waals surface area (Å²) in [6, 6.07) is 9.21. The summed E-state index contributed by atoms with van der Waals surface area (Å²) >= 11 is 0. The van der Waals surface area contributed by atoms with Crippen molar-refractivity contribution < 1.29 is 29.3 Å². The Kier molecular flexibility index (Phi) is 7.02. The molecule has 2 atom stereocenters. The number of carboxylic acid groups (broad SMARTS) is 2. The Morgan fingerprint density at radius 2 is 1.82 bits per heavy atom. The first-order valence-electron chi connectivity index (χ1n) is 6.77. The van der Waals surface area contributed by atoms with E-state index in [2.05, 4.69) is 0 Å². The van der Waals surface area contributed by atoms with Crippen molar-refractivity contribution in [2.45, 2.75) is 12.8 Å². The van der Waals surface area contributed by atoms with Gasteiger partial charge in [-0.05, 0) is 12.0 Å². The molecule has 0 aliphatic carbocycles. The molecule has 2 unspecified atom stereocenters. The second-order valence-electron chi connectivity index (χ2n) is 4.99. The summed E-state index contributed by atoms with van der Waals surface area (Å²) in [4.78, 5) is 31.4. The lowest BCUT2D eigenvalue weighted by Gasteiger charge is -2.15. The average Bonchev–Trinajstić information content (AvgIpc) is 2.44. The summed E-state index contributed by atoms with van der Waals surface area (Å²) in [6.07, 6.45) is 2.17. The zero-order valence-electron chi connectivity index (χ0n) is 12.0. The van der Waals surface area contributed by atoms with E-state index in [4.69, 9.17) is 10.2 Å². The second kappa shape index (κ2) is 8.51. The van der Waals surface area contributed by atoms with E-state index in [1.807, 2.05) is 30.3 Å². The van der Waals surface area contributed by atoms with E-state index in [0.717, 1.165) is 5.56 Å². The predicted octanol–water partition coefficient (Wildman–Crippen LogP) is 2.54. The molecule has 0 bridgehead atoms. The molecule has 0 heterocycles. The molecule has 0 fully saturated rings. The van der Waals surface area contributed by atoms with Crippen LogP contribution in [0.3, 0.4) is 0 Å². The molecule has 0 spiro atoms. The minimum absolute atomic E-state index is 0.140. The van der Waals surface area contributed by atoms with Gasteiger partial charge in [0.2, 0.25) is 7.37 Å². The molecule has 1 rings (SSSR count). The largest absolute Gasteiger partial charge is 0.481 e. The van der Waals surface area contributed by atoms with Crippen LogP contribution in [-0.2, 0) is 14.2 Å². The van der Waals surface area contributed by atoms with Crippen molar-refractivity contribution in [1.29, 1.82) is 0 Å². The maximum Gasteiger partial charge on any atom is 0.307 e. The Morgan fingerprint density at radius 1 is 1.18 bits per heavy atom. The van der Waals surface area contributed by atoms with Crippen molar-refractivity contribution in [2.75, 3.05) is 12.3 Å². The topological polar surface area (TPSA) is 112 Å². The van der Waals surface area contributed by atoms with Gasteiger partial charge in [-0.15, -0.1) is 0 Å². The number of carboxylic acids is 2. The van der Waals surface area contributed by atoms with E-state index in [-0.39, 0.29) is 19.0 Å². The van der Waals surface area contributed by atoms with Crippen LogP contribution in [0, 0.1) is 5.92 Å². The van der Waals surface area contributed by atoms with E-state index in [9.17, 15) is 19.0 Å². The summed E-state index contributed by atoms with van der Waals surface area (Å²) in [5.74, 6) is -3.50. The Labute approximate surface area is 128 Å². The van der Waals surface area contributed by atoms with Gasteiger partial charge in [-0.25, -0.2) is 0 Å². The smallest absolute Gasteiger partial charge is 0.307 e. The first kappa shape index (κ1) is 18.1. The predicted molar refractivity (Wildman–Crippen MR) is 83.0 cm³/mol. The van der Waals surface area contributed by atoms with Crippen LogP contribution in [0.15, 0.2) is 36.4 Å². The van der Waals surface area contributed by atoms with Crippen molar-refractivity contribution in [3.63, 3.8) is 0 Å². The van der Waals surface area contributed by atoms with Gasteiger partial charge >= 0.3 is 11.9 Å². The van der Waals surface area contributed by atoms with Gasteiger partial charge in [0.05, 0.1) is 5.92 Å². The third-order valence-electron chi connectivity index (χ3n) is 3.06. The highest BCUT2D eigenvalue weighted by Gasteiger charge is 2.28. The lowest BCUT2D eigenvalue weighted by atomic mass is 10.1. The van der Waals surface area contributed by atoms with Gasteiger partial charge in [-0.1, -0.05) is 42.5 Å². The Balaban J connectivity index is 2.60. The van der Waals surface area contributed by atoms with Gasteiger partial charge in [0, 0.05) is 18.7 Å². The van der Waals surface area contributed by atoms with Crippen molar-refractivity contribution in [2.24, 2.45) is 5.92 Å². The van der Waals surface area contributed by atoms with Crippen LogP contribution >= 0.6 is 7.37 Å². The first-order valence-corrected chi connectivity index (χ1v) is 8.80. The number of aliphatic carboxylic acids is 2. The van der Waals surface area contributed by atoms with Crippen molar-refractivity contribution in [3.8, 4) is 0 Å². The van der Waals surface area contributed by atoms with Crippen LogP contribution in [0.5, 0.6) is 0 Å². The van der Waals surface area contributed by atoms with Crippen LogP contribution in [-0.4, -0.2) is 39.4 Å². The van der Waals surface area contributed by atoms with Gasteiger partial charge < -0.3 is 15.1 Å². The molecule has 22 heavy (non-hydrogen) atoms. The number of hydrogen-bond donors (Lipinski definition) is 3. The third-order valence-corrected chi connectivity index (χ3v) is 4.85. The molecule has 0 aliphatic heterocycles. The molecule has 0 aromatic heterocycles. The number of carbonyl (C=O) groups is 2. The maximum atomic E-state index is 12.1. The Morgan fingerprint density at radius 3 is 2.36 bits per heavy atom. The Bertz CT molecular complexity index is 581. The van der Waals surface area contributed by atoms with Crippen molar-refractivity contribution in [1.82, 2.24) is 0 Å². The Hall–Kier alpha value is -1.91. The molecule has 120 valence electrons. The molecule has 0 aliphatic rings. The molecular formula is C15H19O6P. The molecule has 1 aromatic rings. The van der Waals surface area contributed by atoms with Gasteiger partial charge in [0.25, 0.3) is 0 Å². The molecule has 0 radical (unpaired) electrons. The fraction of sp³-hybridized carbons (Fsp3) is 0.333. The third kappa shape index (κ3) is 7.20. The lowest BCUT2D eigenvalue weighted by Crippen LogP contribution is -2.20. The van der Waals surface area contributed by atoms with E-state index in [1.54, 1.807) is 6.08 Å². The summed E-state index contributed by atoms with van der Waals surface area (Å²) < 4.78 is 12.1. The molecule has 6 nitrogen and oxygen atoms in total. The second-order valence-corrected chi connectivity index (χ2v) is 7.41. The van der Waals surface area contributed by atoms with Gasteiger partial charge in [-0.2, -0.15) is 0 Å². The normalized spacial score (nSPS) is 15.3. The minimum atomic E-state index is -3.66. The highest BCUT2D eigenvalue weighted by Crippen LogP contribution is 2.43. The van der Waals surface area contributed by atoms with Crippen LogP contribution in [0.4, 0.5) is 0 Å². The van der Waals surface area contributed by atoms with Crippen molar-refractivity contribution >= 4 is 25.4 Å². The zero-order chi connectivity index (χ0) is 16.6. The molecule has 1 aromatic carbocycles. The van der Waals surface area contributed by atoms with E-state index in [0.29, 0.717) is 0 Å². The summed E-state index contributed by atoms with van der Waals surface area (Å²) in [5.41, 5.74) is 0.878. The molecular weight excluding hydrogens is 307 g/mol. The van der Waals surface area contributed by atoms with E-state index < -0.39 is 31.4 Å². The number of benzene rings is 1. The lowest BCUT2D eigenvalue weighted by molar-refractivity contribution is -0.142. The fourth-order valence-electron chi connectivity index (χ4n) is 1.93. The molecule has 0 amide bonds. The zero-order valence-corrected chi connectivity index (χ0v) is 12.9. The number of hydrogen-bond acceptors (Lipinski definition) is 3. The van der Waals surface area contributed by atoms with E-state index >= 15 is 0 Å². The monoisotopic (exact) mass is 326 g/mol. The van der Waals surface area contributed by atoms with Gasteiger partial charge in [0.1, 0.15) is 0 Å². The summed E-state index contributed by atoms with van der Waals surface area (Å²) in [6.45, 7) is 0. The van der Waals surface area contributed by atoms with E-state index in [1.165, 1.54) is 6.08 Å². The standard InChI is InChI=1S/C15H19O6P/c16-14(17)9-8-13(15(18)19)11-22(20,21)10-4-7-12-5-2-1-3-6-12/h1-7,13H,8-11H2,(H,16,17)(H,18,19)(H,20,21)/b7-4-. The maximum absolute atomic E-state index is 12.1. The number of allylic oxidation sites excluding steroid dienone is 1. The molecule has 3 N–H and O–H groups in total. The highest BCUT2D eigenvalue weighted by molar-refractivity contribution is 7.58. The SMILES string of the molecule is O=C(O)CCC(CP(=O)(O)C/C=C\c1ccccc1)C(=O)O. The molecule has 0 saturated carbocycles. The van der Waals surface area contributed by atoms with Crippen LogP contribution in [0.2, 0.25) is 0 Å². The fourth-order valence-corrected chi connectivity index (χ4v) is 3.54.